The van der Waals surface area contributed by atoms with Crippen molar-refractivity contribution >= 4 is 39.9 Å². The van der Waals surface area contributed by atoms with Crippen LogP contribution in [0.1, 0.15) is 39.8 Å². The molecule has 33 heavy (non-hydrogen) atoms. The van der Waals surface area contributed by atoms with Crippen LogP contribution in [0.3, 0.4) is 0 Å². The molecule has 1 unspecified atom stereocenters. The number of aromatic amines is 1. The van der Waals surface area contributed by atoms with Crippen LogP contribution in [0.5, 0.6) is 5.75 Å². The van der Waals surface area contributed by atoms with E-state index in [9.17, 15) is 14.4 Å². The van der Waals surface area contributed by atoms with Gasteiger partial charge in [0.15, 0.2) is 5.16 Å². The van der Waals surface area contributed by atoms with Crippen molar-refractivity contribution in [2.24, 2.45) is 11.7 Å². The molecule has 4 rings (SSSR count). The number of hydrogen-bond acceptors (Lipinski definition) is 7. The highest BCUT2D eigenvalue weighted by atomic mass is 32.2. The SMILES string of the molecule is CC1CCc2c(sc(NC(=O)CSc3nc(COc4ccccc4)cc(=O)[nH]3)c2C(N)=O)C1. The van der Waals surface area contributed by atoms with Crippen molar-refractivity contribution in [3.63, 3.8) is 0 Å². The molecule has 0 bridgehead atoms. The van der Waals surface area contributed by atoms with Crippen LogP contribution in [0.25, 0.3) is 0 Å². The van der Waals surface area contributed by atoms with Crippen LogP contribution in [0.2, 0.25) is 0 Å². The average Bonchev–Trinajstić information content (AvgIpc) is 3.13. The summed E-state index contributed by atoms with van der Waals surface area (Å²) in [5, 5.41) is 3.64. The van der Waals surface area contributed by atoms with Gasteiger partial charge < -0.3 is 20.8 Å². The predicted molar refractivity (Wildman–Crippen MR) is 129 cm³/mol. The maximum Gasteiger partial charge on any atom is 0.251 e. The van der Waals surface area contributed by atoms with Gasteiger partial charge in [0.1, 0.15) is 17.4 Å². The molecule has 0 saturated carbocycles. The van der Waals surface area contributed by atoms with Crippen molar-refractivity contribution in [3.8, 4) is 5.75 Å². The number of carbonyl (C=O) groups excluding carboxylic acids is 2. The number of amides is 2. The third-order valence-electron chi connectivity index (χ3n) is 5.25. The standard InChI is InChI=1S/C23H24N4O4S2/c1-13-7-8-16-17(9-13)33-22(20(16)21(24)30)26-19(29)12-32-23-25-14(10-18(28)27-23)11-31-15-5-3-2-4-6-15/h2-6,10,13H,7-9,11-12H2,1H3,(H2,24,30)(H,26,29)(H,25,27,28). The first-order chi connectivity index (χ1) is 15.9. The molecule has 0 saturated heterocycles. The number of anilines is 1. The van der Waals surface area contributed by atoms with Gasteiger partial charge in [0.25, 0.3) is 11.5 Å². The van der Waals surface area contributed by atoms with Gasteiger partial charge in [0.05, 0.1) is 17.0 Å². The Morgan fingerprint density at radius 1 is 1.33 bits per heavy atom. The van der Waals surface area contributed by atoms with E-state index >= 15 is 0 Å². The molecule has 2 heterocycles. The zero-order valence-electron chi connectivity index (χ0n) is 18.1. The van der Waals surface area contributed by atoms with Gasteiger partial charge in [-0.25, -0.2) is 4.98 Å². The van der Waals surface area contributed by atoms with Gasteiger partial charge in [0, 0.05) is 10.9 Å². The summed E-state index contributed by atoms with van der Waals surface area (Å²) in [5.41, 5.74) is 7.13. The molecule has 1 aliphatic carbocycles. The molecular weight excluding hydrogens is 460 g/mol. The Morgan fingerprint density at radius 2 is 2.12 bits per heavy atom. The molecular formula is C23H24N4O4S2. The molecule has 10 heteroatoms. The number of para-hydroxylation sites is 1. The van der Waals surface area contributed by atoms with E-state index in [1.54, 1.807) is 0 Å². The highest BCUT2D eigenvalue weighted by Gasteiger charge is 2.27. The average molecular weight is 485 g/mol. The lowest BCUT2D eigenvalue weighted by molar-refractivity contribution is -0.113. The number of H-pyrrole nitrogens is 1. The Bertz CT molecular complexity index is 1220. The zero-order valence-corrected chi connectivity index (χ0v) is 19.7. The lowest BCUT2D eigenvalue weighted by Crippen LogP contribution is -2.20. The van der Waals surface area contributed by atoms with Crippen molar-refractivity contribution in [2.75, 3.05) is 11.1 Å². The highest BCUT2D eigenvalue weighted by molar-refractivity contribution is 7.99. The van der Waals surface area contributed by atoms with Crippen molar-refractivity contribution in [2.45, 2.75) is 37.9 Å². The quantitative estimate of drug-likeness (QED) is 0.332. The minimum Gasteiger partial charge on any atom is -0.487 e. The third-order valence-corrected chi connectivity index (χ3v) is 7.30. The number of ether oxygens (including phenoxy) is 1. The third kappa shape index (κ3) is 5.82. The lowest BCUT2D eigenvalue weighted by atomic mass is 9.88. The van der Waals surface area contributed by atoms with Crippen LogP contribution in [-0.2, 0) is 24.2 Å². The van der Waals surface area contributed by atoms with E-state index in [0.29, 0.717) is 33.1 Å². The van der Waals surface area contributed by atoms with Crippen LogP contribution in [0.15, 0.2) is 46.3 Å². The summed E-state index contributed by atoms with van der Waals surface area (Å²) in [5.74, 6) is 0.400. The largest absolute Gasteiger partial charge is 0.487 e. The van der Waals surface area contributed by atoms with E-state index in [0.717, 1.165) is 41.5 Å². The summed E-state index contributed by atoms with van der Waals surface area (Å²) >= 11 is 2.52. The van der Waals surface area contributed by atoms with Crippen molar-refractivity contribution < 1.29 is 14.3 Å². The lowest BCUT2D eigenvalue weighted by Gasteiger charge is -2.18. The van der Waals surface area contributed by atoms with E-state index in [1.807, 2.05) is 30.3 Å². The molecule has 2 amide bonds. The fourth-order valence-corrected chi connectivity index (χ4v) is 5.82. The smallest absolute Gasteiger partial charge is 0.251 e. The maximum absolute atomic E-state index is 12.6. The monoisotopic (exact) mass is 484 g/mol. The number of thioether (sulfide) groups is 1. The molecule has 8 nitrogen and oxygen atoms in total. The number of nitrogens with two attached hydrogens (primary N) is 1. The summed E-state index contributed by atoms with van der Waals surface area (Å²) in [7, 11) is 0. The van der Waals surface area contributed by atoms with E-state index in [1.165, 1.54) is 17.4 Å². The Kier molecular flexibility index (Phi) is 7.14. The summed E-state index contributed by atoms with van der Waals surface area (Å²) in [6.45, 7) is 2.31. The normalized spacial score (nSPS) is 15.0. The highest BCUT2D eigenvalue weighted by Crippen LogP contribution is 2.39. The molecule has 4 N–H and O–H groups in total. The van der Waals surface area contributed by atoms with Gasteiger partial charge in [-0.05, 0) is 42.9 Å². The molecule has 1 aliphatic rings. The minimum atomic E-state index is -0.526. The van der Waals surface area contributed by atoms with Crippen LogP contribution in [-0.4, -0.2) is 27.5 Å². The number of nitrogens with one attached hydrogen (secondary N) is 2. The Labute approximate surface area is 199 Å². The van der Waals surface area contributed by atoms with Gasteiger partial charge in [-0.2, -0.15) is 0 Å². The number of thiophene rings is 1. The number of carbonyl (C=O) groups is 2. The first-order valence-electron chi connectivity index (χ1n) is 10.5. The number of primary amides is 1. The number of nitrogens with zero attached hydrogens (tertiary/aromatic N) is 1. The first kappa shape index (κ1) is 23.1. The van der Waals surface area contributed by atoms with Gasteiger partial charge in [0.2, 0.25) is 5.91 Å². The zero-order chi connectivity index (χ0) is 23.4. The van der Waals surface area contributed by atoms with Crippen LogP contribution in [0, 0.1) is 5.92 Å². The van der Waals surface area contributed by atoms with Crippen molar-refractivity contribution in [3.05, 3.63) is 68.4 Å². The fourth-order valence-electron chi connectivity index (χ4n) is 3.70. The van der Waals surface area contributed by atoms with Crippen molar-refractivity contribution in [1.82, 2.24) is 9.97 Å². The topological polar surface area (TPSA) is 127 Å². The predicted octanol–water partition coefficient (Wildman–Crippen LogP) is 3.36. The molecule has 172 valence electrons. The summed E-state index contributed by atoms with van der Waals surface area (Å²) in [6.07, 6.45) is 2.67. The number of rotatable bonds is 8. The van der Waals surface area contributed by atoms with E-state index in [2.05, 4.69) is 22.2 Å². The molecule has 0 fully saturated rings. The van der Waals surface area contributed by atoms with Crippen LogP contribution >= 0.6 is 23.1 Å². The Hall–Kier alpha value is -3.11. The van der Waals surface area contributed by atoms with E-state index in [4.69, 9.17) is 10.5 Å². The molecule has 0 aliphatic heterocycles. The molecule has 1 aromatic carbocycles. The van der Waals surface area contributed by atoms with Gasteiger partial charge in [-0.1, -0.05) is 36.9 Å². The second-order valence-electron chi connectivity index (χ2n) is 7.90. The number of benzene rings is 1. The second kappa shape index (κ2) is 10.2. The summed E-state index contributed by atoms with van der Waals surface area (Å²) < 4.78 is 5.64. The van der Waals surface area contributed by atoms with Crippen LogP contribution < -0.4 is 21.3 Å². The molecule has 1 atom stereocenters. The molecule has 0 spiro atoms. The molecule has 2 aromatic heterocycles. The van der Waals surface area contributed by atoms with Crippen LogP contribution in [0.4, 0.5) is 5.00 Å². The molecule has 3 aromatic rings. The minimum absolute atomic E-state index is 0.0170. The molecule has 0 radical (unpaired) electrons. The maximum atomic E-state index is 12.6. The Balaban J connectivity index is 1.40. The van der Waals surface area contributed by atoms with E-state index < -0.39 is 5.91 Å². The summed E-state index contributed by atoms with van der Waals surface area (Å²) in [6, 6.07) is 10.6. The van der Waals surface area contributed by atoms with Gasteiger partial charge >= 0.3 is 0 Å². The van der Waals surface area contributed by atoms with Gasteiger partial charge in [-0.15, -0.1) is 11.3 Å². The van der Waals surface area contributed by atoms with Crippen molar-refractivity contribution in [1.29, 1.82) is 0 Å². The summed E-state index contributed by atoms with van der Waals surface area (Å²) in [4.78, 5) is 44.8. The number of aromatic nitrogens is 2. The first-order valence-corrected chi connectivity index (χ1v) is 12.3. The van der Waals surface area contributed by atoms with Gasteiger partial charge in [-0.3, -0.25) is 14.4 Å². The van der Waals surface area contributed by atoms with E-state index in [-0.39, 0.29) is 23.8 Å². The number of fused-ring (bicyclic) bond motifs is 1. The Morgan fingerprint density at radius 3 is 2.88 bits per heavy atom. The fraction of sp³-hybridized carbons (Fsp3) is 0.304. The number of hydrogen-bond donors (Lipinski definition) is 3. The second-order valence-corrected chi connectivity index (χ2v) is 9.97.